The first kappa shape index (κ1) is 12.4. The van der Waals surface area contributed by atoms with Gasteiger partial charge in [0.1, 0.15) is 0 Å². The highest BCUT2D eigenvalue weighted by Gasteiger charge is 2.16. The molecular weight excluding hydrogens is 208 g/mol. The zero-order valence-corrected chi connectivity index (χ0v) is 9.34. The van der Waals surface area contributed by atoms with Crippen LogP contribution in [0.5, 0.6) is 0 Å². The van der Waals surface area contributed by atoms with Crippen LogP contribution in [0.15, 0.2) is 18.5 Å². The molecule has 3 N–H and O–H groups in total. The zero-order valence-electron chi connectivity index (χ0n) is 9.34. The fraction of sp³-hybridized carbons (Fsp3) is 0.455. The number of nitrogens with zero attached hydrogens (tertiary/aromatic N) is 1. The highest BCUT2D eigenvalue weighted by Crippen LogP contribution is 2.16. The summed E-state index contributed by atoms with van der Waals surface area (Å²) < 4.78 is 0. The molecule has 0 aliphatic rings. The molecule has 5 nitrogen and oxygen atoms in total. The Morgan fingerprint density at radius 1 is 1.56 bits per heavy atom. The number of hydrogen-bond acceptors (Lipinski definition) is 4. The molecule has 16 heavy (non-hydrogen) atoms. The summed E-state index contributed by atoms with van der Waals surface area (Å²) in [6, 6.07) is 1.25. The second-order valence-electron chi connectivity index (χ2n) is 3.90. The maximum Gasteiger partial charge on any atom is 0.337 e. The molecule has 0 spiro atoms. The number of carbonyl (C=O) groups is 1. The molecule has 1 rings (SSSR count). The number of aliphatic hydroxyl groups excluding tert-OH is 1. The van der Waals surface area contributed by atoms with Crippen molar-refractivity contribution in [2.75, 3.05) is 11.9 Å². The van der Waals surface area contributed by atoms with Crippen molar-refractivity contribution in [1.82, 2.24) is 4.98 Å². The summed E-state index contributed by atoms with van der Waals surface area (Å²) in [4.78, 5) is 14.8. The van der Waals surface area contributed by atoms with Crippen LogP contribution in [-0.2, 0) is 0 Å². The summed E-state index contributed by atoms with van der Waals surface area (Å²) in [6.45, 7) is 3.85. The summed E-state index contributed by atoms with van der Waals surface area (Å²) >= 11 is 0. The molecule has 88 valence electrons. The Bertz CT molecular complexity index is 366. The molecule has 5 heteroatoms. The minimum absolute atomic E-state index is 0.0500. The molecule has 0 radical (unpaired) electrons. The molecule has 1 atom stereocenters. The van der Waals surface area contributed by atoms with Crippen molar-refractivity contribution in [3.05, 3.63) is 24.0 Å². The Kier molecular flexibility index (Phi) is 4.25. The van der Waals surface area contributed by atoms with Gasteiger partial charge in [-0.1, -0.05) is 13.8 Å². The lowest BCUT2D eigenvalue weighted by Crippen LogP contribution is -2.30. The van der Waals surface area contributed by atoms with Crippen molar-refractivity contribution in [3.8, 4) is 0 Å². The molecule has 0 amide bonds. The van der Waals surface area contributed by atoms with Crippen LogP contribution < -0.4 is 5.32 Å². The van der Waals surface area contributed by atoms with Gasteiger partial charge in [0.2, 0.25) is 0 Å². The Hall–Kier alpha value is -1.62. The first-order valence-corrected chi connectivity index (χ1v) is 5.11. The molecule has 0 unspecified atom stereocenters. The van der Waals surface area contributed by atoms with E-state index >= 15 is 0 Å². The molecule has 1 heterocycles. The molecule has 0 fully saturated rings. The molecule has 1 aromatic heterocycles. The van der Waals surface area contributed by atoms with E-state index in [2.05, 4.69) is 10.3 Å². The summed E-state index contributed by atoms with van der Waals surface area (Å²) in [5.41, 5.74) is 0.594. The number of carboxylic acids is 1. The number of nitrogens with one attached hydrogen (secondary N) is 1. The first-order valence-electron chi connectivity index (χ1n) is 5.11. The van der Waals surface area contributed by atoms with Crippen molar-refractivity contribution in [3.63, 3.8) is 0 Å². The lowest BCUT2D eigenvalue weighted by molar-refractivity contribution is 0.0697. The first-order chi connectivity index (χ1) is 7.56. The Morgan fingerprint density at radius 2 is 2.25 bits per heavy atom. The van der Waals surface area contributed by atoms with Crippen LogP contribution in [0.4, 0.5) is 5.69 Å². The number of aromatic nitrogens is 1. The number of pyridine rings is 1. The normalized spacial score (nSPS) is 12.5. The number of rotatable bonds is 5. The average Bonchev–Trinajstić information content (AvgIpc) is 2.25. The quantitative estimate of drug-likeness (QED) is 0.700. The van der Waals surface area contributed by atoms with Crippen molar-refractivity contribution < 1.29 is 15.0 Å². The average molecular weight is 224 g/mol. The summed E-state index contributed by atoms with van der Waals surface area (Å²) in [5, 5.41) is 21.1. The largest absolute Gasteiger partial charge is 0.478 e. The lowest BCUT2D eigenvalue weighted by atomic mass is 10.0. The monoisotopic (exact) mass is 224 g/mol. The van der Waals surface area contributed by atoms with Gasteiger partial charge < -0.3 is 15.5 Å². The number of aromatic carboxylic acids is 1. The van der Waals surface area contributed by atoms with Gasteiger partial charge in [0.05, 0.1) is 30.1 Å². The van der Waals surface area contributed by atoms with Crippen LogP contribution in [0.25, 0.3) is 0 Å². The Labute approximate surface area is 94.1 Å². The molecule has 1 aromatic rings. The third-order valence-corrected chi connectivity index (χ3v) is 2.39. The van der Waals surface area contributed by atoms with Crippen molar-refractivity contribution >= 4 is 11.7 Å². The van der Waals surface area contributed by atoms with E-state index in [0.29, 0.717) is 5.69 Å². The Morgan fingerprint density at radius 3 is 2.75 bits per heavy atom. The van der Waals surface area contributed by atoms with Crippen molar-refractivity contribution in [2.24, 2.45) is 5.92 Å². The van der Waals surface area contributed by atoms with Crippen LogP contribution in [0.2, 0.25) is 0 Å². The summed E-state index contributed by atoms with van der Waals surface area (Å²) in [6.07, 6.45) is 2.88. The van der Waals surface area contributed by atoms with Gasteiger partial charge in [-0.25, -0.2) is 4.79 Å². The lowest BCUT2D eigenvalue weighted by Gasteiger charge is -2.21. The minimum atomic E-state index is -1.01. The second kappa shape index (κ2) is 5.46. The molecule has 0 aliphatic heterocycles. The van der Waals surface area contributed by atoms with Crippen LogP contribution in [-0.4, -0.2) is 33.8 Å². The van der Waals surface area contributed by atoms with Gasteiger partial charge in [-0.3, -0.25) is 4.98 Å². The van der Waals surface area contributed by atoms with Crippen LogP contribution in [0.3, 0.4) is 0 Å². The van der Waals surface area contributed by atoms with Gasteiger partial charge in [-0.05, 0) is 12.0 Å². The second-order valence-corrected chi connectivity index (χ2v) is 3.90. The molecule has 0 aliphatic carbocycles. The fourth-order valence-corrected chi connectivity index (χ4v) is 1.32. The molecule has 0 aromatic carbocycles. The summed E-state index contributed by atoms with van der Waals surface area (Å²) in [5.74, 6) is -0.808. The van der Waals surface area contributed by atoms with Crippen LogP contribution >= 0.6 is 0 Å². The van der Waals surface area contributed by atoms with Gasteiger partial charge in [-0.15, -0.1) is 0 Å². The van der Waals surface area contributed by atoms with Crippen LogP contribution in [0, 0.1) is 5.92 Å². The zero-order chi connectivity index (χ0) is 12.1. The van der Waals surface area contributed by atoms with Gasteiger partial charge >= 0.3 is 5.97 Å². The standard InChI is InChI=1S/C11H16N2O3/c1-7(2)10(6-14)13-9-5-12-4-3-8(9)11(15)16/h3-5,7,10,13-14H,6H2,1-2H3,(H,15,16)/t10-/m1/s1. The topological polar surface area (TPSA) is 82.5 Å². The molecular formula is C11H16N2O3. The molecule has 0 bridgehead atoms. The number of anilines is 1. The van der Waals surface area contributed by atoms with E-state index in [1.54, 1.807) is 0 Å². The van der Waals surface area contributed by atoms with E-state index in [0.717, 1.165) is 0 Å². The van der Waals surface area contributed by atoms with E-state index in [9.17, 15) is 4.79 Å². The maximum absolute atomic E-state index is 10.9. The van der Waals surface area contributed by atoms with E-state index in [1.807, 2.05) is 13.8 Å². The highest BCUT2D eigenvalue weighted by molar-refractivity contribution is 5.93. The maximum atomic E-state index is 10.9. The van der Waals surface area contributed by atoms with E-state index in [4.69, 9.17) is 10.2 Å². The highest BCUT2D eigenvalue weighted by atomic mass is 16.4. The van der Waals surface area contributed by atoms with Gasteiger partial charge in [0.25, 0.3) is 0 Å². The van der Waals surface area contributed by atoms with E-state index in [-0.39, 0.29) is 24.1 Å². The number of carboxylic acid groups (broad SMARTS) is 1. The van der Waals surface area contributed by atoms with Crippen molar-refractivity contribution in [1.29, 1.82) is 0 Å². The fourth-order valence-electron chi connectivity index (χ4n) is 1.32. The van der Waals surface area contributed by atoms with Crippen LogP contribution in [0.1, 0.15) is 24.2 Å². The smallest absolute Gasteiger partial charge is 0.337 e. The molecule has 0 saturated carbocycles. The predicted octanol–water partition coefficient (Wildman–Crippen LogP) is 1.21. The summed E-state index contributed by atoms with van der Waals surface area (Å²) in [7, 11) is 0. The van der Waals surface area contributed by atoms with E-state index < -0.39 is 5.97 Å². The van der Waals surface area contributed by atoms with Gasteiger partial charge in [-0.2, -0.15) is 0 Å². The minimum Gasteiger partial charge on any atom is -0.478 e. The third kappa shape index (κ3) is 2.93. The number of hydrogen-bond donors (Lipinski definition) is 3. The Balaban J connectivity index is 2.91. The van der Waals surface area contributed by atoms with Gasteiger partial charge in [0.15, 0.2) is 0 Å². The van der Waals surface area contributed by atoms with Gasteiger partial charge in [0, 0.05) is 6.20 Å². The third-order valence-electron chi connectivity index (χ3n) is 2.39. The van der Waals surface area contributed by atoms with E-state index in [1.165, 1.54) is 18.5 Å². The predicted molar refractivity (Wildman–Crippen MR) is 60.5 cm³/mol. The number of aliphatic hydroxyl groups is 1. The van der Waals surface area contributed by atoms with Crippen molar-refractivity contribution in [2.45, 2.75) is 19.9 Å². The SMILES string of the molecule is CC(C)[C@@H](CO)Nc1cnccc1C(=O)O. The molecule has 0 saturated heterocycles.